The van der Waals surface area contributed by atoms with E-state index in [1.807, 2.05) is 5.32 Å². The van der Waals surface area contributed by atoms with Gasteiger partial charge in [0, 0.05) is 30.6 Å². The molecule has 1 aromatic heterocycles. The second-order valence-corrected chi connectivity index (χ2v) is 8.31. The summed E-state index contributed by atoms with van der Waals surface area (Å²) in [4.78, 5) is 30.8. The summed E-state index contributed by atoms with van der Waals surface area (Å²) in [6.45, 7) is -3.90. The first-order valence-corrected chi connectivity index (χ1v) is 11.2. The lowest BCUT2D eigenvalue weighted by atomic mass is 9.93. The number of aromatic nitrogens is 1. The zero-order valence-electron chi connectivity index (χ0n) is 21.1. The fraction of sp³-hybridized carbons (Fsp3) is 0.240. The number of carbonyl (C=O) groups is 2. The van der Waals surface area contributed by atoms with E-state index in [2.05, 4.69) is 9.72 Å². The highest BCUT2D eigenvalue weighted by molar-refractivity contribution is 6.11. The van der Waals surface area contributed by atoms with E-state index in [4.69, 9.17) is 4.74 Å². The number of pyridine rings is 1. The number of para-hydroxylation sites is 1. The normalized spacial score (nSPS) is 12.2. The van der Waals surface area contributed by atoms with Crippen LogP contribution in [0.25, 0.3) is 0 Å². The molecule has 0 spiro atoms. The van der Waals surface area contributed by atoms with Crippen molar-refractivity contribution in [3.8, 4) is 17.2 Å². The van der Waals surface area contributed by atoms with E-state index < -0.39 is 64.8 Å². The van der Waals surface area contributed by atoms with Crippen molar-refractivity contribution in [2.24, 2.45) is 0 Å². The Bertz CT molecular complexity index is 1450. The van der Waals surface area contributed by atoms with Gasteiger partial charge in [0.2, 0.25) is 0 Å². The van der Waals surface area contributed by atoms with Crippen LogP contribution in [0.3, 0.4) is 0 Å². The summed E-state index contributed by atoms with van der Waals surface area (Å²) in [7, 11) is 2.40. The van der Waals surface area contributed by atoms with E-state index in [-0.39, 0.29) is 29.1 Å². The van der Waals surface area contributed by atoms with Gasteiger partial charge in [-0.25, -0.2) is 4.39 Å². The molecule has 2 aromatic carbocycles. The van der Waals surface area contributed by atoms with Gasteiger partial charge in [-0.05, 0) is 36.4 Å². The lowest BCUT2D eigenvalue weighted by molar-refractivity contribution is -0.348. The second kappa shape index (κ2) is 11.7. The number of alkyl halides is 9. The molecule has 226 valence electrons. The molecule has 0 atom stereocenters. The number of rotatable bonds is 8. The molecule has 0 aliphatic heterocycles. The average Bonchev–Trinajstić information content (AvgIpc) is 2.91. The molecule has 0 saturated heterocycles. The number of nitrogens with zero attached hydrogens (tertiary/aromatic N) is 2. The van der Waals surface area contributed by atoms with Crippen molar-refractivity contribution in [2.45, 2.75) is 24.6 Å². The van der Waals surface area contributed by atoms with Crippen molar-refractivity contribution in [3.05, 3.63) is 71.5 Å². The van der Waals surface area contributed by atoms with Crippen LogP contribution in [0.15, 0.2) is 54.9 Å². The van der Waals surface area contributed by atoms with Crippen molar-refractivity contribution in [3.63, 3.8) is 0 Å². The molecule has 2 N–H and O–H groups in total. The molecule has 0 aliphatic carbocycles. The zero-order chi connectivity index (χ0) is 31.6. The van der Waals surface area contributed by atoms with E-state index >= 15 is 0 Å². The van der Waals surface area contributed by atoms with Crippen LogP contribution in [-0.4, -0.2) is 55.0 Å². The Kier molecular flexibility index (Phi) is 8.83. The van der Waals surface area contributed by atoms with E-state index in [0.29, 0.717) is 0 Å². The molecule has 1 heterocycles. The van der Waals surface area contributed by atoms with Gasteiger partial charge in [-0.15, -0.1) is 0 Å². The summed E-state index contributed by atoms with van der Waals surface area (Å²) in [5.74, 6) is -5.47. The van der Waals surface area contributed by atoms with Gasteiger partial charge in [0.15, 0.2) is 11.5 Å². The SMILES string of the molecule is COc1c(C(=O)Nc2c(O)cc(C(F)(C(F)(F)F)C(F)(F)F)cc2OC(F)F)cccc1N(C)C(=O)c1ccncc1. The number of anilines is 2. The maximum Gasteiger partial charge on any atom is 0.435 e. The van der Waals surface area contributed by atoms with E-state index in [0.717, 1.165) is 18.1 Å². The number of methoxy groups -OCH3 is 1. The van der Waals surface area contributed by atoms with Gasteiger partial charge in [0.1, 0.15) is 11.4 Å². The van der Waals surface area contributed by atoms with Crippen LogP contribution < -0.4 is 19.7 Å². The first kappa shape index (κ1) is 31.8. The molecule has 0 saturated carbocycles. The molecule has 0 radical (unpaired) electrons. The van der Waals surface area contributed by atoms with Gasteiger partial charge < -0.3 is 24.8 Å². The van der Waals surface area contributed by atoms with Gasteiger partial charge in [-0.1, -0.05) is 6.07 Å². The van der Waals surface area contributed by atoms with Crippen LogP contribution in [-0.2, 0) is 5.67 Å². The number of ether oxygens (including phenoxy) is 2. The minimum Gasteiger partial charge on any atom is -0.506 e. The van der Waals surface area contributed by atoms with Crippen molar-refractivity contribution in [1.29, 1.82) is 0 Å². The van der Waals surface area contributed by atoms with Crippen molar-refractivity contribution in [2.75, 3.05) is 24.4 Å². The summed E-state index contributed by atoms with van der Waals surface area (Å²) in [6.07, 6.45) is -10.6. The lowest BCUT2D eigenvalue weighted by Crippen LogP contribution is -2.50. The number of phenolic OH excluding ortho intramolecular Hbond substituents is 1. The standard InChI is InChI=1S/C25H18F9N3O5/c1-37(21(40)12-6-8-35-9-7-12)15-5-3-4-14(19(15)41-2)20(39)36-18-16(38)10-13(11-17(18)42-22(26)27)23(28,24(29,30)31)25(32,33)34/h3-11,22,38H,1-2H3,(H,36,39). The molecule has 0 bridgehead atoms. The maximum atomic E-state index is 14.6. The Morgan fingerprint density at radius 2 is 1.57 bits per heavy atom. The number of hydrogen-bond donors (Lipinski definition) is 2. The highest BCUT2D eigenvalue weighted by Gasteiger charge is 2.73. The first-order chi connectivity index (χ1) is 19.4. The molecular weight excluding hydrogens is 593 g/mol. The van der Waals surface area contributed by atoms with Crippen molar-refractivity contribution >= 4 is 23.2 Å². The number of hydrogen-bond acceptors (Lipinski definition) is 6. The summed E-state index contributed by atoms with van der Waals surface area (Å²) in [6, 6.07) is 5.77. The quantitative estimate of drug-likeness (QED) is 0.232. The maximum absolute atomic E-state index is 14.6. The van der Waals surface area contributed by atoms with Crippen LogP contribution in [0.4, 0.5) is 50.9 Å². The minimum atomic E-state index is -6.64. The number of carbonyl (C=O) groups excluding carboxylic acids is 2. The monoisotopic (exact) mass is 611 g/mol. The predicted molar refractivity (Wildman–Crippen MR) is 128 cm³/mol. The van der Waals surface area contributed by atoms with E-state index in [1.54, 1.807) is 0 Å². The van der Waals surface area contributed by atoms with Crippen LogP contribution in [0, 0.1) is 0 Å². The summed E-state index contributed by atoms with van der Waals surface area (Å²) in [5, 5.41) is 12.0. The minimum absolute atomic E-state index is 0.00634. The Labute approximate surface area is 230 Å². The molecule has 8 nitrogen and oxygen atoms in total. The molecule has 3 aromatic rings. The number of amides is 2. The van der Waals surface area contributed by atoms with Crippen molar-refractivity contribution in [1.82, 2.24) is 4.98 Å². The summed E-state index contributed by atoms with van der Waals surface area (Å²) >= 11 is 0. The summed E-state index contributed by atoms with van der Waals surface area (Å²) < 4.78 is 129. The Balaban J connectivity index is 2.09. The van der Waals surface area contributed by atoms with E-state index in [9.17, 15) is 54.2 Å². The number of halogens is 9. The fourth-order valence-corrected chi connectivity index (χ4v) is 3.76. The molecule has 2 amide bonds. The zero-order valence-corrected chi connectivity index (χ0v) is 21.1. The molecule has 0 aliphatic rings. The highest BCUT2D eigenvalue weighted by Crippen LogP contribution is 2.55. The largest absolute Gasteiger partial charge is 0.506 e. The number of aromatic hydroxyl groups is 1. The molecular formula is C25H18F9N3O5. The van der Waals surface area contributed by atoms with Gasteiger partial charge in [0.05, 0.1) is 18.4 Å². The van der Waals surface area contributed by atoms with E-state index in [1.165, 1.54) is 43.7 Å². The molecule has 3 rings (SSSR count). The van der Waals surface area contributed by atoms with Gasteiger partial charge >= 0.3 is 24.6 Å². The topological polar surface area (TPSA) is 101 Å². The fourth-order valence-electron chi connectivity index (χ4n) is 3.76. The van der Waals surface area contributed by atoms with Gasteiger partial charge in [-0.2, -0.15) is 35.1 Å². The Hall–Kier alpha value is -4.70. The van der Waals surface area contributed by atoms with Crippen LogP contribution in [0.5, 0.6) is 17.2 Å². The van der Waals surface area contributed by atoms with Crippen LogP contribution in [0.2, 0.25) is 0 Å². The lowest BCUT2D eigenvalue weighted by Gasteiger charge is -2.31. The molecule has 17 heteroatoms. The Morgan fingerprint density at radius 1 is 0.976 bits per heavy atom. The first-order valence-electron chi connectivity index (χ1n) is 11.2. The Morgan fingerprint density at radius 3 is 2.10 bits per heavy atom. The number of phenols is 1. The number of nitrogens with one attached hydrogen (secondary N) is 1. The van der Waals surface area contributed by atoms with Crippen LogP contribution in [0.1, 0.15) is 26.3 Å². The van der Waals surface area contributed by atoms with Crippen LogP contribution >= 0.6 is 0 Å². The third-order valence-corrected chi connectivity index (χ3v) is 5.75. The summed E-state index contributed by atoms with van der Waals surface area (Å²) in [5.41, 5.74) is -9.92. The molecule has 0 fully saturated rings. The van der Waals surface area contributed by atoms with Gasteiger partial charge in [-0.3, -0.25) is 14.6 Å². The third-order valence-electron chi connectivity index (χ3n) is 5.75. The van der Waals surface area contributed by atoms with Crippen molar-refractivity contribution < 1.29 is 63.7 Å². The third kappa shape index (κ3) is 5.99. The highest BCUT2D eigenvalue weighted by atomic mass is 19.4. The molecule has 0 unspecified atom stereocenters. The van der Waals surface area contributed by atoms with Gasteiger partial charge in [0.25, 0.3) is 11.8 Å². The number of benzene rings is 2. The smallest absolute Gasteiger partial charge is 0.435 e. The second-order valence-electron chi connectivity index (χ2n) is 8.31. The molecule has 42 heavy (non-hydrogen) atoms. The average molecular weight is 611 g/mol. The predicted octanol–water partition coefficient (Wildman–Crippen LogP) is 6.22.